The van der Waals surface area contributed by atoms with Crippen LogP contribution in [-0.4, -0.2) is 22.1 Å². The number of allylic oxidation sites excluding steroid dienone is 1. The first-order chi connectivity index (χ1) is 19.3. The fourth-order valence-corrected chi connectivity index (χ4v) is 7.80. The molecule has 6 rings (SSSR count). The fraction of sp³-hybridized carbons (Fsp3) is 0.143. The summed E-state index contributed by atoms with van der Waals surface area (Å²) >= 11 is 17.1. The highest BCUT2D eigenvalue weighted by molar-refractivity contribution is 8.01. The van der Waals surface area contributed by atoms with E-state index in [-0.39, 0.29) is 22.8 Å². The fourth-order valence-electron chi connectivity index (χ4n) is 4.39. The molecule has 4 heterocycles. The molecule has 0 spiro atoms. The lowest BCUT2D eigenvalue weighted by Crippen LogP contribution is -2.40. The number of furan rings is 1. The van der Waals surface area contributed by atoms with E-state index in [0.29, 0.717) is 36.5 Å². The molecule has 7 nitrogen and oxygen atoms in total. The maximum Gasteiger partial charge on any atom is 0.338 e. The molecule has 0 aliphatic carbocycles. The first-order valence-electron chi connectivity index (χ1n) is 12.1. The molecule has 202 valence electrons. The molecule has 2 aromatic carbocycles. The van der Waals surface area contributed by atoms with E-state index in [2.05, 4.69) is 9.98 Å². The van der Waals surface area contributed by atoms with Gasteiger partial charge in [0.25, 0.3) is 5.56 Å². The van der Waals surface area contributed by atoms with Gasteiger partial charge in [-0.3, -0.25) is 9.36 Å². The van der Waals surface area contributed by atoms with E-state index in [4.69, 9.17) is 32.4 Å². The minimum atomic E-state index is -0.856. The molecule has 0 saturated carbocycles. The molecule has 0 saturated heterocycles. The third-order valence-electron chi connectivity index (χ3n) is 6.13. The van der Waals surface area contributed by atoms with E-state index in [1.54, 1.807) is 55.5 Å². The molecule has 0 unspecified atom stereocenters. The number of para-hydroxylation sites is 1. The van der Waals surface area contributed by atoms with Crippen molar-refractivity contribution in [3.63, 3.8) is 0 Å². The minimum Gasteiger partial charge on any atom is -0.463 e. The Morgan fingerprint density at radius 3 is 2.77 bits per heavy atom. The SMILES string of the molecule is CCOC(=O)C1=C(C)N=c2s/c(=C\c3ccc(Sc4nc5ccccc5s4)o3)c(=O)n2[C@H]1c1cccc(Cl)c1Cl. The average Bonchev–Trinajstić information content (AvgIpc) is 3.62. The second-order valence-corrected chi connectivity index (χ2v) is 12.7. The van der Waals surface area contributed by atoms with Gasteiger partial charge in [0.1, 0.15) is 11.8 Å². The number of halogens is 2. The Bertz CT molecular complexity index is 1970. The zero-order valence-corrected chi connectivity index (χ0v) is 25.0. The molecule has 12 heteroatoms. The van der Waals surface area contributed by atoms with Crippen molar-refractivity contribution in [2.24, 2.45) is 4.99 Å². The zero-order chi connectivity index (χ0) is 28.0. The van der Waals surface area contributed by atoms with E-state index in [1.807, 2.05) is 30.3 Å². The number of thiazole rings is 2. The van der Waals surface area contributed by atoms with Crippen molar-refractivity contribution < 1.29 is 13.9 Å². The molecule has 1 atom stereocenters. The number of carbonyl (C=O) groups excluding carboxylic acids is 1. The maximum atomic E-state index is 13.8. The van der Waals surface area contributed by atoms with Crippen LogP contribution in [0.2, 0.25) is 10.0 Å². The summed E-state index contributed by atoms with van der Waals surface area (Å²) in [6.07, 6.45) is 1.67. The number of hydrogen-bond donors (Lipinski definition) is 0. The summed E-state index contributed by atoms with van der Waals surface area (Å²) in [4.78, 5) is 36.5. The summed E-state index contributed by atoms with van der Waals surface area (Å²) in [5.41, 5.74) is 1.79. The van der Waals surface area contributed by atoms with Gasteiger partial charge >= 0.3 is 5.97 Å². The van der Waals surface area contributed by atoms with Crippen LogP contribution in [0.3, 0.4) is 0 Å². The topological polar surface area (TPSA) is 86.7 Å². The van der Waals surface area contributed by atoms with Crippen LogP contribution in [0.1, 0.15) is 31.2 Å². The van der Waals surface area contributed by atoms with E-state index < -0.39 is 12.0 Å². The van der Waals surface area contributed by atoms with Crippen molar-refractivity contribution in [3.05, 3.63) is 107 Å². The predicted molar refractivity (Wildman–Crippen MR) is 159 cm³/mol. The van der Waals surface area contributed by atoms with Gasteiger partial charge < -0.3 is 9.15 Å². The van der Waals surface area contributed by atoms with Crippen LogP contribution >= 0.6 is 57.6 Å². The van der Waals surface area contributed by atoms with Crippen molar-refractivity contribution in [1.82, 2.24) is 9.55 Å². The summed E-state index contributed by atoms with van der Waals surface area (Å²) in [7, 11) is 0. The number of hydrogen-bond acceptors (Lipinski definition) is 9. The Labute approximate surface area is 250 Å². The predicted octanol–water partition coefficient (Wildman–Crippen LogP) is 6.46. The Balaban J connectivity index is 1.41. The van der Waals surface area contributed by atoms with Gasteiger partial charge in [-0.25, -0.2) is 14.8 Å². The van der Waals surface area contributed by atoms with Gasteiger partial charge in [-0.15, -0.1) is 11.3 Å². The summed E-state index contributed by atoms with van der Waals surface area (Å²) in [6, 6.07) is 15.9. The monoisotopic (exact) mass is 627 g/mol. The maximum absolute atomic E-state index is 13.8. The molecule has 1 aliphatic rings. The summed E-state index contributed by atoms with van der Waals surface area (Å²) < 4.78 is 15.2. The number of rotatable bonds is 6. The van der Waals surface area contributed by atoms with Crippen molar-refractivity contribution >= 4 is 79.9 Å². The highest BCUT2D eigenvalue weighted by Crippen LogP contribution is 2.38. The number of esters is 1. The highest BCUT2D eigenvalue weighted by atomic mass is 35.5. The molecule has 5 aromatic rings. The quantitative estimate of drug-likeness (QED) is 0.201. The van der Waals surface area contributed by atoms with Crippen molar-refractivity contribution in [2.45, 2.75) is 29.3 Å². The van der Waals surface area contributed by atoms with E-state index in [0.717, 1.165) is 14.6 Å². The average molecular weight is 629 g/mol. The van der Waals surface area contributed by atoms with Crippen LogP contribution in [0.4, 0.5) is 0 Å². The van der Waals surface area contributed by atoms with Crippen molar-refractivity contribution in [1.29, 1.82) is 0 Å². The number of ether oxygens (including phenoxy) is 1. The van der Waals surface area contributed by atoms with Gasteiger partial charge in [0.15, 0.2) is 14.2 Å². The lowest BCUT2D eigenvalue weighted by atomic mass is 9.96. The smallest absolute Gasteiger partial charge is 0.338 e. The lowest BCUT2D eigenvalue weighted by Gasteiger charge is -2.25. The molecule has 0 amide bonds. The molecule has 0 bridgehead atoms. The highest BCUT2D eigenvalue weighted by Gasteiger charge is 2.35. The molecule has 0 fully saturated rings. The molecule has 1 aliphatic heterocycles. The third-order valence-corrected chi connectivity index (χ3v) is 9.96. The second-order valence-electron chi connectivity index (χ2n) is 8.65. The summed E-state index contributed by atoms with van der Waals surface area (Å²) in [5.74, 6) is -0.0610. The van der Waals surface area contributed by atoms with Gasteiger partial charge in [-0.1, -0.05) is 58.8 Å². The van der Waals surface area contributed by atoms with E-state index >= 15 is 0 Å². The Kier molecular flexibility index (Phi) is 7.45. The van der Waals surface area contributed by atoms with E-state index in [1.165, 1.54) is 27.7 Å². The molecular weight excluding hydrogens is 609 g/mol. The zero-order valence-electron chi connectivity index (χ0n) is 21.0. The number of nitrogens with zero attached hydrogens (tertiary/aromatic N) is 3. The van der Waals surface area contributed by atoms with Crippen LogP contribution in [0, 0.1) is 0 Å². The van der Waals surface area contributed by atoms with Crippen molar-refractivity contribution in [3.8, 4) is 0 Å². The van der Waals surface area contributed by atoms with Crippen LogP contribution < -0.4 is 14.9 Å². The van der Waals surface area contributed by atoms with Crippen LogP contribution in [0.25, 0.3) is 16.3 Å². The van der Waals surface area contributed by atoms with Crippen LogP contribution in [0.5, 0.6) is 0 Å². The minimum absolute atomic E-state index is 0.173. The number of benzene rings is 2. The Morgan fingerprint density at radius 1 is 1.15 bits per heavy atom. The van der Waals surface area contributed by atoms with Gasteiger partial charge in [-0.05, 0) is 55.9 Å². The third kappa shape index (κ3) is 4.95. The lowest BCUT2D eigenvalue weighted by molar-refractivity contribution is -0.139. The molecular formula is C28H19Cl2N3O4S3. The first-order valence-corrected chi connectivity index (χ1v) is 15.3. The molecule has 0 N–H and O–H groups in total. The Morgan fingerprint density at radius 2 is 1.98 bits per heavy atom. The van der Waals surface area contributed by atoms with Gasteiger partial charge in [0.2, 0.25) is 0 Å². The molecule has 3 aromatic heterocycles. The number of carbonyl (C=O) groups is 1. The van der Waals surface area contributed by atoms with Crippen molar-refractivity contribution in [2.75, 3.05) is 6.61 Å². The number of fused-ring (bicyclic) bond motifs is 2. The summed E-state index contributed by atoms with van der Waals surface area (Å²) in [5, 5.41) is 1.22. The second kappa shape index (κ2) is 11.0. The number of aromatic nitrogens is 2. The van der Waals surface area contributed by atoms with Gasteiger partial charge in [0, 0.05) is 11.6 Å². The van der Waals surface area contributed by atoms with Crippen LogP contribution in [0.15, 0.2) is 89.5 Å². The van der Waals surface area contributed by atoms with Crippen LogP contribution in [-0.2, 0) is 9.53 Å². The van der Waals surface area contributed by atoms with E-state index in [9.17, 15) is 9.59 Å². The molecule has 40 heavy (non-hydrogen) atoms. The Hall–Kier alpha value is -3.15. The normalized spacial score (nSPS) is 15.4. The standard InChI is InChI=1S/C28H19Cl2N3O4S3/c1-3-36-26(35)22-14(2)31-27-33(24(22)16-7-6-8-17(29)23(16)30)25(34)20(38-27)13-15-11-12-21(37-15)40-28-32-18-9-4-5-10-19(18)39-28/h4-13,24H,3H2,1-2H3/b20-13-/t24-/m0/s1. The van der Waals surface area contributed by atoms with Gasteiger partial charge in [0.05, 0.1) is 42.7 Å². The van der Waals surface area contributed by atoms with Gasteiger partial charge in [-0.2, -0.15) is 0 Å². The largest absolute Gasteiger partial charge is 0.463 e. The summed E-state index contributed by atoms with van der Waals surface area (Å²) in [6.45, 7) is 3.61. The molecule has 0 radical (unpaired) electrons. The first kappa shape index (κ1) is 27.0.